The number of hydrogen-bond donors (Lipinski definition) is 0. The molecule has 0 amide bonds. The van der Waals surface area contributed by atoms with Crippen LogP contribution in [0.4, 0.5) is 0 Å². The quantitative estimate of drug-likeness (QED) is 0.350. The summed E-state index contributed by atoms with van der Waals surface area (Å²) in [6, 6.07) is 12.2. The van der Waals surface area contributed by atoms with E-state index >= 15 is 0 Å². The molecule has 0 spiro atoms. The van der Waals surface area contributed by atoms with Crippen LogP contribution >= 0.6 is 11.8 Å². The number of furan rings is 1. The molecule has 1 aromatic carbocycles. The Labute approximate surface area is 185 Å². The van der Waals surface area contributed by atoms with E-state index in [1.807, 2.05) is 42.8 Å². The van der Waals surface area contributed by atoms with E-state index in [0.717, 1.165) is 33.8 Å². The summed E-state index contributed by atoms with van der Waals surface area (Å²) in [6.45, 7) is 3.80. The maximum absolute atomic E-state index is 5.86. The molecule has 4 aromatic rings. The maximum Gasteiger partial charge on any atom is 0.251 e. The van der Waals surface area contributed by atoms with Crippen molar-refractivity contribution in [3.05, 3.63) is 59.6 Å². The predicted octanol–water partition coefficient (Wildman–Crippen LogP) is 5.87. The van der Waals surface area contributed by atoms with Crippen molar-refractivity contribution in [2.24, 2.45) is 0 Å². The fourth-order valence-corrected chi connectivity index (χ4v) is 4.81. The van der Waals surface area contributed by atoms with Gasteiger partial charge in [0.25, 0.3) is 5.89 Å². The molecule has 1 aliphatic rings. The second-order valence-corrected chi connectivity index (χ2v) is 8.89. The number of nitrogens with zero attached hydrogens (tertiary/aromatic N) is 5. The summed E-state index contributed by atoms with van der Waals surface area (Å²) in [5.74, 6) is 4.67. The first-order valence-corrected chi connectivity index (χ1v) is 11.7. The van der Waals surface area contributed by atoms with Gasteiger partial charge in [-0.25, -0.2) is 9.67 Å². The highest BCUT2D eigenvalue weighted by molar-refractivity contribution is 7.98. The van der Waals surface area contributed by atoms with E-state index in [1.165, 1.54) is 43.9 Å². The summed E-state index contributed by atoms with van der Waals surface area (Å²) in [7, 11) is 0. The van der Waals surface area contributed by atoms with Crippen LogP contribution in [0.1, 0.15) is 61.3 Å². The molecule has 3 aromatic heterocycles. The van der Waals surface area contributed by atoms with Crippen LogP contribution in [0.2, 0.25) is 0 Å². The van der Waals surface area contributed by atoms with Gasteiger partial charge in [-0.05, 0) is 44.9 Å². The van der Waals surface area contributed by atoms with E-state index in [1.54, 1.807) is 0 Å². The third kappa shape index (κ3) is 4.30. The van der Waals surface area contributed by atoms with Crippen LogP contribution in [0.3, 0.4) is 0 Å². The molecule has 0 radical (unpaired) electrons. The number of rotatable bonds is 6. The number of aryl methyl sites for hydroxylation is 2. The smallest absolute Gasteiger partial charge is 0.251 e. The number of benzene rings is 1. The molecule has 0 unspecified atom stereocenters. The van der Waals surface area contributed by atoms with Crippen LogP contribution in [-0.4, -0.2) is 25.0 Å². The highest BCUT2D eigenvalue weighted by Gasteiger charge is 2.24. The standard InChI is InChI=1S/C23H25N5O2S/c1-15-13-19(16(2)29-15)22-26-25-20(30-22)14-31-23-24-21(17-9-5-3-6-10-17)28(27-23)18-11-7-4-8-12-18/h4,7-8,11-13,17H,3,5-6,9-10,14H2,1-2H3. The molecule has 1 aliphatic carbocycles. The van der Waals surface area contributed by atoms with Crippen LogP contribution in [0, 0.1) is 13.8 Å². The molecular formula is C23H25N5O2S. The van der Waals surface area contributed by atoms with Gasteiger partial charge in [0.05, 0.1) is 17.0 Å². The molecule has 0 N–H and O–H groups in total. The second-order valence-electron chi connectivity index (χ2n) is 7.95. The lowest BCUT2D eigenvalue weighted by molar-refractivity contribution is 0.422. The Bertz CT molecular complexity index is 1160. The first-order chi connectivity index (χ1) is 15.2. The van der Waals surface area contributed by atoms with E-state index < -0.39 is 0 Å². The molecule has 160 valence electrons. The summed E-state index contributed by atoms with van der Waals surface area (Å²) in [5.41, 5.74) is 1.89. The SMILES string of the molecule is Cc1cc(-c2nnc(CSc3nc(C4CCCCC4)n(-c4ccccc4)n3)o2)c(C)o1. The van der Waals surface area contributed by atoms with Gasteiger partial charge in [-0.3, -0.25) is 0 Å². The van der Waals surface area contributed by atoms with E-state index in [0.29, 0.717) is 23.5 Å². The predicted molar refractivity (Wildman–Crippen MR) is 118 cm³/mol. The Kier molecular flexibility index (Phi) is 5.63. The van der Waals surface area contributed by atoms with Crippen molar-refractivity contribution in [1.82, 2.24) is 25.0 Å². The van der Waals surface area contributed by atoms with Gasteiger partial charge in [-0.15, -0.1) is 15.3 Å². The van der Waals surface area contributed by atoms with E-state index in [2.05, 4.69) is 22.3 Å². The molecule has 31 heavy (non-hydrogen) atoms. The molecule has 0 atom stereocenters. The minimum absolute atomic E-state index is 0.457. The van der Waals surface area contributed by atoms with Gasteiger partial charge in [0.2, 0.25) is 11.0 Å². The molecule has 0 saturated heterocycles. The van der Waals surface area contributed by atoms with E-state index in [4.69, 9.17) is 18.9 Å². The Hall–Kier alpha value is -2.87. The summed E-state index contributed by atoms with van der Waals surface area (Å²) in [5, 5.41) is 13.9. The minimum atomic E-state index is 0.457. The van der Waals surface area contributed by atoms with Gasteiger partial charge in [0, 0.05) is 5.92 Å². The zero-order valence-corrected chi connectivity index (χ0v) is 18.6. The van der Waals surface area contributed by atoms with Crippen molar-refractivity contribution in [3.63, 3.8) is 0 Å². The van der Waals surface area contributed by atoms with Crippen molar-refractivity contribution in [1.29, 1.82) is 0 Å². The fraction of sp³-hybridized carbons (Fsp3) is 0.391. The van der Waals surface area contributed by atoms with Gasteiger partial charge < -0.3 is 8.83 Å². The molecule has 5 rings (SSSR count). The number of thioether (sulfide) groups is 1. The largest absolute Gasteiger partial charge is 0.466 e. The molecule has 1 saturated carbocycles. The summed E-state index contributed by atoms with van der Waals surface area (Å²) in [4.78, 5) is 4.92. The molecular weight excluding hydrogens is 410 g/mol. The second kappa shape index (κ2) is 8.70. The molecule has 0 aliphatic heterocycles. The average Bonchev–Trinajstić information content (AvgIpc) is 3.52. The molecule has 1 fully saturated rings. The van der Waals surface area contributed by atoms with Crippen molar-refractivity contribution < 1.29 is 8.83 Å². The minimum Gasteiger partial charge on any atom is -0.466 e. The van der Waals surface area contributed by atoms with Gasteiger partial charge in [0.1, 0.15) is 17.3 Å². The molecule has 8 heteroatoms. The third-order valence-corrected chi connectivity index (χ3v) is 6.47. The molecule has 0 bridgehead atoms. The normalized spacial score (nSPS) is 14.9. The van der Waals surface area contributed by atoms with E-state index in [9.17, 15) is 0 Å². The van der Waals surface area contributed by atoms with Crippen LogP contribution in [0.15, 0.2) is 50.4 Å². The molecule has 3 heterocycles. The highest BCUT2D eigenvalue weighted by Crippen LogP contribution is 2.34. The number of hydrogen-bond acceptors (Lipinski definition) is 7. The third-order valence-electron chi connectivity index (χ3n) is 5.65. The van der Waals surface area contributed by atoms with Gasteiger partial charge in [0.15, 0.2) is 0 Å². The Morgan fingerprint density at radius 3 is 2.58 bits per heavy atom. The lowest BCUT2D eigenvalue weighted by Crippen LogP contribution is -2.12. The van der Waals surface area contributed by atoms with E-state index in [-0.39, 0.29) is 0 Å². The maximum atomic E-state index is 5.86. The topological polar surface area (TPSA) is 82.8 Å². The van der Waals surface area contributed by atoms with Crippen LogP contribution in [-0.2, 0) is 5.75 Å². The fourth-order valence-electron chi connectivity index (χ4n) is 4.14. The van der Waals surface area contributed by atoms with Crippen LogP contribution in [0.5, 0.6) is 0 Å². The number of aromatic nitrogens is 5. The van der Waals surface area contributed by atoms with Gasteiger partial charge >= 0.3 is 0 Å². The summed E-state index contributed by atoms with van der Waals surface area (Å²) < 4.78 is 13.4. The Morgan fingerprint density at radius 1 is 1.03 bits per heavy atom. The van der Waals surface area contributed by atoms with Crippen molar-refractivity contribution in [2.45, 2.75) is 62.8 Å². The van der Waals surface area contributed by atoms with Crippen LogP contribution in [0.25, 0.3) is 17.1 Å². The van der Waals surface area contributed by atoms with Crippen molar-refractivity contribution in [3.8, 4) is 17.1 Å². The van der Waals surface area contributed by atoms with Crippen LogP contribution < -0.4 is 0 Å². The lowest BCUT2D eigenvalue weighted by Gasteiger charge is -2.21. The number of para-hydroxylation sites is 1. The first-order valence-electron chi connectivity index (χ1n) is 10.7. The summed E-state index contributed by atoms with van der Waals surface area (Å²) in [6.07, 6.45) is 6.17. The monoisotopic (exact) mass is 435 g/mol. The van der Waals surface area contributed by atoms with Gasteiger partial charge in [-0.1, -0.05) is 49.2 Å². The van der Waals surface area contributed by atoms with Crippen molar-refractivity contribution >= 4 is 11.8 Å². The first kappa shape index (κ1) is 20.1. The Balaban J connectivity index is 1.36. The lowest BCUT2D eigenvalue weighted by atomic mass is 9.88. The zero-order chi connectivity index (χ0) is 21.2. The van der Waals surface area contributed by atoms with Gasteiger partial charge in [-0.2, -0.15) is 0 Å². The summed E-state index contributed by atoms with van der Waals surface area (Å²) >= 11 is 1.52. The Morgan fingerprint density at radius 2 is 1.84 bits per heavy atom. The average molecular weight is 436 g/mol. The van der Waals surface area contributed by atoms with Crippen molar-refractivity contribution in [2.75, 3.05) is 0 Å². The zero-order valence-electron chi connectivity index (χ0n) is 17.7. The molecule has 7 nitrogen and oxygen atoms in total. The highest BCUT2D eigenvalue weighted by atomic mass is 32.2.